The van der Waals surface area contributed by atoms with Crippen LogP contribution in [0.25, 0.3) is 10.9 Å². The summed E-state index contributed by atoms with van der Waals surface area (Å²) in [5, 5.41) is 10.5. The van der Waals surface area contributed by atoms with Gasteiger partial charge in [-0.1, -0.05) is 26.8 Å². The molecule has 3 aromatic rings. The molecule has 2 aliphatic rings. The van der Waals surface area contributed by atoms with E-state index in [1.165, 1.54) is 55.6 Å². The fourth-order valence-corrected chi connectivity index (χ4v) is 6.61. The summed E-state index contributed by atoms with van der Waals surface area (Å²) in [4.78, 5) is 21.2. The first-order valence-corrected chi connectivity index (χ1v) is 13.5. The molecule has 3 heterocycles. The van der Waals surface area contributed by atoms with Crippen LogP contribution in [0, 0.1) is 18.3 Å². The summed E-state index contributed by atoms with van der Waals surface area (Å²) in [6.45, 7) is 13.4. The van der Waals surface area contributed by atoms with Gasteiger partial charge in [-0.05, 0) is 93.1 Å². The Kier molecular flexibility index (Phi) is 6.66. The minimum atomic E-state index is -0.402. The number of hydrogen-bond donors (Lipinski definition) is 1. The van der Waals surface area contributed by atoms with Crippen molar-refractivity contribution in [1.82, 2.24) is 9.88 Å². The van der Waals surface area contributed by atoms with E-state index in [1.807, 2.05) is 18.2 Å². The lowest BCUT2D eigenvalue weighted by molar-refractivity contribution is 0.112. The van der Waals surface area contributed by atoms with Crippen molar-refractivity contribution in [2.45, 2.75) is 71.3 Å². The van der Waals surface area contributed by atoms with Crippen LogP contribution >= 0.6 is 0 Å². The summed E-state index contributed by atoms with van der Waals surface area (Å²) in [6.07, 6.45) is 7.03. The van der Waals surface area contributed by atoms with E-state index in [0.717, 1.165) is 53.5 Å². The number of carbonyl (C=O) groups excluding carboxylic acids is 1. The first-order valence-electron chi connectivity index (χ1n) is 13.5. The summed E-state index contributed by atoms with van der Waals surface area (Å²) in [7, 11) is 0. The molecule has 2 saturated heterocycles. The molecule has 1 N–H and O–H groups in total. The Balaban J connectivity index is 1.53. The second-order valence-corrected chi connectivity index (χ2v) is 11.1. The fourth-order valence-electron chi connectivity index (χ4n) is 6.61. The average molecular weight is 483 g/mol. The van der Waals surface area contributed by atoms with Gasteiger partial charge in [0.2, 0.25) is 0 Å². The van der Waals surface area contributed by atoms with Crippen molar-refractivity contribution >= 4 is 22.9 Å². The van der Waals surface area contributed by atoms with Crippen LogP contribution < -0.4 is 4.90 Å². The Hall–Kier alpha value is -3.10. The molecule has 0 radical (unpaired) electrons. The third-order valence-electron chi connectivity index (χ3n) is 8.71. The minimum absolute atomic E-state index is 0.402. The van der Waals surface area contributed by atoms with Crippen molar-refractivity contribution in [1.29, 1.82) is 5.26 Å². The second-order valence-electron chi connectivity index (χ2n) is 11.1. The smallest absolute Gasteiger partial charge is 0.150 e. The van der Waals surface area contributed by atoms with E-state index in [9.17, 15) is 10.1 Å². The van der Waals surface area contributed by atoms with Gasteiger partial charge in [-0.25, -0.2) is 0 Å². The largest absolute Gasteiger partial charge is 0.371 e. The molecular formula is C31H38N4O. The lowest BCUT2D eigenvalue weighted by atomic mass is 9.76. The van der Waals surface area contributed by atoms with E-state index in [2.05, 4.69) is 60.7 Å². The molecule has 188 valence electrons. The zero-order valence-electron chi connectivity index (χ0n) is 22.2. The number of aromatic nitrogens is 1. The molecule has 5 rings (SSSR count). The van der Waals surface area contributed by atoms with E-state index in [-0.39, 0.29) is 0 Å². The predicted octanol–water partition coefficient (Wildman–Crippen LogP) is 6.11. The van der Waals surface area contributed by atoms with Gasteiger partial charge in [-0.15, -0.1) is 0 Å². The number of aromatic amines is 1. The highest BCUT2D eigenvalue weighted by molar-refractivity contribution is 5.87. The number of nitrogens with zero attached hydrogens (tertiary/aromatic N) is 3. The standard InChI is InChI=1S/C31H38N4O/c1-5-23-17-24(20-36)27(18-29(23)35-14-10-25(11-15-35)34-12-6-7-13-34)31(3,4)30-21(2)26-9-8-22(19-32)16-28(26)33-30/h8-9,16-18,20,25,33H,5-7,10-15H2,1-4H3. The molecule has 5 heteroatoms. The Morgan fingerprint density at radius 3 is 2.47 bits per heavy atom. The molecule has 0 amide bonds. The second kappa shape index (κ2) is 9.75. The molecule has 0 aliphatic carbocycles. The third-order valence-corrected chi connectivity index (χ3v) is 8.71. The normalized spacial score (nSPS) is 17.6. The van der Waals surface area contributed by atoms with Gasteiger partial charge >= 0.3 is 0 Å². The summed E-state index contributed by atoms with van der Waals surface area (Å²) < 4.78 is 0. The van der Waals surface area contributed by atoms with Gasteiger partial charge in [0.05, 0.1) is 11.6 Å². The van der Waals surface area contributed by atoms with Crippen LogP contribution in [-0.4, -0.2) is 48.4 Å². The van der Waals surface area contributed by atoms with Gasteiger partial charge in [0.15, 0.2) is 0 Å². The lowest BCUT2D eigenvalue weighted by Gasteiger charge is -2.39. The summed E-state index contributed by atoms with van der Waals surface area (Å²) in [6, 6.07) is 13.2. The molecule has 2 fully saturated rings. The van der Waals surface area contributed by atoms with Crippen LogP contribution in [-0.2, 0) is 11.8 Å². The van der Waals surface area contributed by atoms with Crippen LogP contribution in [0.5, 0.6) is 0 Å². The van der Waals surface area contributed by atoms with Gasteiger partial charge < -0.3 is 14.8 Å². The highest BCUT2D eigenvalue weighted by Crippen LogP contribution is 2.40. The molecule has 36 heavy (non-hydrogen) atoms. The lowest BCUT2D eigenvalue weighted by Crippen LogP contribution is -2.44. The van der Waals surface area contributed by atoms with E-state index >= 15 is 0 Å². The Morgan fingerprint density at radius 2 is 1.83 bits per heavy atom. The molecule has 2 aromatic carbocycles. The Morgan fingerprint density at radius 1 is 1.11 bits per heavy atom. The average Bonchev–Trinajstić information content (AvgIpc) is 3.56. The molecule has 0 spiro atoms. The molecule has 5 nitrogen and oxygen atoms in total. The molecule has 1 aromatic heterocycles. The monoisotopic (exact) mass is 482 g/mol. The number of H-pyrrole nitrogens is 1. The van der Waals surface area contributed by atoms with Crippen molar-refractivity contribution < 1.29 is 4.79 Å². The highest BCUT2D eigenvalue weighted by atomic mass is 16.1. The van der Waals surface area contributed by atoms with Crippen molar-refractivity contribution in [3.63, 3.8) is 0 Å². The Bertz CT molecular complexity index is 1310. The van der Waals surface area contributed by atoms with Crippen LogP contribution in [0.4, 0.5) is 5.69 Å². The van der Waals surface area contributed by atoms with Gasteiger partial charge in [-0.2, -0.15) is 5.26 Å². The fraction of sp³-hybridized carbons (Fsp3) is 0.484. The molecule has 0 bridgehead atoms. The van der Waals surface area contributed by atoms with Crippen molar-refractivity contribution in [2.75, 3.05) is 31.1 Å². The predicted molar refractivity (Wildman–Crippen MR) is 147 cm³/mol. The van der Waals surface area contributed by atoms with E-state index in [1.54, 1.807) is 0 Å². The summed E-state index contributed by atoms with van der Waals surface area (Å²) >= 11 is 0. The topological polar surface area (TPSA) is 63.1 Å². The number of nitriles is 1. The van der Waals surface area contributed by atoms with Crippen LogP contribution in [0.3, 0.4) is 0 Å². The Labute approximate surface area is 215 Å². The molecule has 0 atom stereocenters. The number of benzene rings is 2. The number of piperidine rings is 1. The third kappa shape index (κ3) is 4.22. The number of fused-ring (bicyclic) bond motifs is 1. The van der Waals surface area contributed by atoms with Crippen LogP contribution in [0.2, 0.25) is 0 Å². The number of aldehydes is 1. The van der Waals surface area contributed by atoms with Crippen LogP contribution in [0.1, 0.15) is 84.8 Å². The van der Waals surface area contributed by atoms with Crippen molar-refractivity contribution in [3.05, 3.63) is 63.8 Å². The molecule has 0 unspecified atom stereocenters. The zero-order chi connectivity index (χ0) is 25.4. The number of nitrogens with one attached hydrogen (secondary N) is 1. The van der Waals surface area contributed by atoms with Gasteiger partial charge in [0.25, 0.3) is 0 Å². The molecule has 0 saturated carbocycles. The van der Waals surface area contributed by atoms with Gasteiger partial charge in [-0.3, -0.25) is 4.79 Å². The van der Waals surface area contributed by atoms with E-state index in [4.69, 9.17) is 0 Å². The maximum atomic E-state index is 12.3. The van der Waals surface area contributed by atoms with Crippen LogP contribution in [0.15, 0.2) is 30.3 Å². The summed E-state index contributed by atoms with van der Waals surface area (Å²) in [5.74, 6) is 0. The zero-order valence-corrected chi connectivity index (χ0v) is 22.2. The quantitative estimate of drug-likeness (QED) is 0.430. The summed E-state index contributed by atoms with van der Waals surface area (Å²) in [5.41, 5.74) is 7.84. The maximum Gasteiger partial charge on any atom is 0.150 e. The van der Waals surface area contributed by atoms with Gasteiger partial charge in [0.1, 0.15) is 6.29 Å². The van der Waals surface area contributed by atoms with Crippen molar-refractivity contribution in [2.24, 2.45) is 0 Å². The van der Waals surface area contributed by atoms with Gasteiger partial charge in [0, 0.05) is 52.4 Å². The molecule has 2 aliphatic heterocycles. The van der Waals surface area contributed by atoms with E-state index < -0.39 is 5.41 Å². The highest BCUT2D eigenvalue weighted by Gasteiger charge is 2.33. The number of likely N-dealkylation sites (tertiary alicyclic amines) is 1. The van der Waals surface area contributed by atoms with Crippen molar-refractivity contribution in [3.8, 4) is 6.07 Å². The number of aryl methyl sites for hydroxylation is 2. The van der Waals surface area contributed by atoms with E-state index in [0.29, 0.717) is 11.6 Å². The maximum absolute atomic E-state index is 12.3. The SMILES string of the molecule is CCc1cc(C=O)c(C(C)(C)c2[nH]c3cc(C#N)ccc3c2C)cc1N1CCC(N2CCCC2)CC1. The molecular weight excluding hydrogens is 444 g/mol. The first-order chi connectivity index (χ1) is 17.4. The first kappa shape index (κ1) is 24.6. The number of carbonyl (C=O) groups is 1. The number of anilines is 1. The number of rotatable bonds is 6. The number of hydrogen-bond acceptors (Lipinski definition) is 4. The minimum Gasteiger partial charge on any atom is -0.371 e.